The normalized spacial score (nSPS) is 11.2. The second kappa shape index (κ2) is 9.65. The number of carbonyl (C=O) groups excluding carboxylic acids is 1. The number of rotatable bonds is 8. The fourth-order valence-corrected chi connectivity index (χ4v) is 2.19. The van der Waals surface area contributed by atoms with Crippen molar-refractivity contribution >= 4 is 11.6 Å². The average Bonchev–Trinajstić information content (AvgIpc) is 2.54. The number of hydrogen-bond acceptors (Lipinski definition) is 4. The van der Waals surface area contributed by atoms with Crippen LogP contribution < -0.4 is 10.6 Å². The molecule has 0 spiro atoms. The standard InChI is InChI=1S/C18H26N4O/c1-5-14-8-7-9-15(6-2)17(14)21-18(23)16(12-19)13-20-10-11-22(3)4/h7-9,13,20H,5-6,10-11H2,1-4H3,(H,21,23)/b16-13-. The Morgan fingerprint density at radius 1 is 1.26 bits per heavy atom. The van der Waals surface area contributed by atoms with Crippen LogP contribution in [0.4, 0.5) is 5.69 Å². The molecule has 2 N–H and O–H groups in total. The first-order valence-corrected chi connectivity index (χ1v) is 7.93. The number of anilines is 1. The number of nitriles is 1. The van der Waals surface area contributed by atoms with E-state index in [0.29, 0.717) is 6.54 Å². The lowest BCUT2D eigenvalue weighted by atomic mass is 10.0. The molecule has 1 rings (SSSR count). The summed E-state index contributed by atoms with van der Waals surface area (Å²) in [6.45, 7) is 5.61. The Balaban J connectivity index is 2.85. The first-order chi connectivity index (χ1) is 11.0. The molecular formula is C18H26N4O. The predicted octanol–water partition coefficient (Wildman–Crippen LogP) is 2.31. The number of nitrogens with zero attached hydrogens (tertiary/aromatic N) is 2. The summed E-state index contributed by atoms with van der Waals surface area (Å²) in [5, 5.41) is 15.1. The molecular weight excluding hydrogens is 288 g/mol. The van der Waals surface area contributed by atoms with Gasteiger partial charge < -0.3 is 15.5 Å². The zero-order valence-corrected chi connectivity index (χ0v) is 14.4. The molecule has 0 unspecified atom stereocenters. The highest BCUT2D eigenvalue weighted by Gasteiger charge is 2.13. The third kappa shape index (κ3) is 5.76. The molecule has 0 saturated heterocycles. The average molecular weight is 314 g/mol. The first-order valence-electron chi connectivity index (χ1n) is 7.93. The van der Waals surface area contributed by atoms with Crippen molar-refractivity contribution in [2.24, 2.45) is 0 Å². The van der Waals surface area contributed by atoms with Crippen molar-refractivity contribution in [1.29, 1.82) is 5.26 Å². The lowest BCUT2D eigenvalue weighted by molar-refractivity contribution is -0.112. The molecule has 5 heteroatoms. The Labute approximate surface area is 139 Å². The van der Waals surface area contributed by atoms with Crippen molar-refractivity contribution in [1.82, 2.24) is 10.2 Å². The van der Waals surface area contributed by atoms with Gasteiger partial charge in [-0.2, -0.15) is 5.26 Å². The molecule has 1 aromatic rings. The number of para-hydroxylation sites is 1. The monoisotopic (exact) mass is 314 g/mol. The molecule has 0 heterocycles. The van der Waals surface area contributed by atoms with Gasteiger partial charge in [0, 0.05) is 25.0 Å². The smallest absolute Gasteiger partial charge is 0.267 e. The third-order valence-electron chi connectivity index (χ3n) is 3.55. The van der Waals surface area contributed by atoms with Gasteiger partial charge in [-0.25, -0.2) is 0 Å². The van der Waals surface area contributed by atoms with Crippen LogP contribution in [-0.2, 0) is 17.6 Å². The molecule has 0 atom stereocenters. The summed E-state index contributed by atoms with van der Waals surface area (Å²) >= 11 is 0. The van der Waals surface area contributed by atoms with E-state index in [1.165, 1.54) is 6.20 Å². The SMILES string of the molecule is CCc1cccc(CC)c1NC(=O)/C(C#N)=C\NCCN(C)C. The zero-order valence-electron chi connectivity index (χ0n) is 14.4. The number of benzene rings is 1. The van der Waals surface area contributed by atoms with E-state index in [1.807, 2.05) is 57.1 Å². The minimum atomic E-state index is -0.375. The molecule has 0 fully saturated rings. The molecule has 1 amide bonds. The number of hydrogen-bond donors (Lipinski definition) is 2. The van der Waals surface area contributed by atoms with Gasteiger partial charge in [-0.3, -0.25) is 4.79 Å². The number of likely N-dealkylation sites (N-methyl/N-ethyl adjacent to an activating group) is 1. The summed E-state index contributed by atoms with van der Waals surface area (Å²) < 4.78 is 0. The summed E-state index contributed by atoms with van der Waals surface area (Å²) in [7, 11) is 3.94. The van der Waals surface area contributed by atoms with E-state index in [4.69, 9.17) is 0 Å². The van der Waals surface area contributed by atoms with Crippen molar-refractivity contribution in [2.75, 3.05) is 32.5 Å². The van der Waals surface area contributed by atoms with Gasteiger partial charge in [0.25, 0.3) is 5.91 Å². The van der Waals surface area contributed by atoms with Crippen molar-refractivity contribution < 1.29 is 4.79 Å². The maximum Gasteiger partial charge on any atom is 0.267 e. The summed E-state index contributed by atoms with van der Waals surface area (Å²) in [6, 6.07) is 7.96. The highest BCUT2D eigenvalue weighted by atomic mass is 16.1. The van der Waals surface area contributed by atoms with Crippen LogP contribution in [0.2, 0.25) is 0 Å². The molecule has 1 aromatic carbocycles. The fraction of sp³-hybridized carbons (Fsp3) is 0.444. The van der Waals surface area contributed by atoms with Gasteiger partial charge in [0.2, 0.25) is 0 Å². The van der Waals surface area contributed by atoms with E-state index in [1.54, 1.807) is 0 Å². The summed E-state index contributed by atoms with van der Waals surface area (Å²) in [6.07, 6.45) is 3.14. The molecule has 23 heavy (non-hydrogen) atoms. The highest BCUT2D eigenvalue weighted by Crippen LogP contribution is 2.23. The second-order valence-electron chi connectivity index (χ2n) is 5.54. The van der Waals surface area contributed by atoms with Crippen LogP contribution >= 0.6 is 0 Å². The van der Waals surface area contributed by atoms with E-state index in [-0.39, 0.29) is 11.5 Å². The van der Waals surface area contributed by atoms with Crippen LogP contribution in [-0.4, -0.2) is 38.0 Å². The van der Waals surface area contributed by atoms with E-state index in [0.717, 1.165) is 36.2 Å². The van der Waals surface area contributed by atoms with Gasteiger partial charge in [0.1, 0.15) is 11.6 Å². The Morgan fingerprint density at radius 3 is 2.35 bits per heavy atom. The third-order valence-corrected chi connectivity index (χ3v) is 3.55. The Bertz CT molecular complexity index is 577. The fourth-order valence-electron chi connectivity index (χ4n) is 2.19. The largest absolute Gasteiger partial charge is 0.388 e. The van der Waals surface area contributed by atoms with E-state index >= 15 is 0 Å². The van der Waals surface area contributed by atoms with Gasteiger partial charge >= 0.3 is 0 Å². The van der Waals surface area contributed by atoms with E-state index in [9.17, 15) is 10.1 Å². The molecule has 0 aliphatic rings. The lowest BCUT2D eigenvalue weighted by Crippen LogP contribution is -2.25. The van der Waals surface area contributed by atoms with E-state index < -0.39 is 0 Å². The van der Waals surface area contributed by atoms with Crippen LogP contribution in [0.25, 0.3) is 0 Å². The topological polar surface area (TPSA) is 68.2 Å². The van der Waals surface area contributed by atoms with Crippen molar-refractivity contribution in [2.45, 2.75) is 26.7 Å². The van der Waals surface area contributed by atoms with Gasteiger partial charge in [-0.1, -0.05) is 32.0 Å². The first kappa shape index (κ1) is 18.7. The number of carbonyl (C=O) groups is 1. The summed E-state index contributed by atoms with van der Waals surface area (Å²) in [5.74, 6) is -0.375. The molecule has 5 nitrogen and oxygen atoms in total. The van der Waals surface area contributed by atoms with Gasteiger partial charge in [0.15, 0.2) is 0 Å². The quantitative estimate of drug-likeness (QED) is 0.439. The predicted molar refractivity (Wildman–Crippen MR) is 94.1 cm³/mol. The lowest BCUT2D eigenvalue weighted by Gasteiger charge is -2.14. The molecule has 0 aliphatic heterocycles. The highest BCUT2D eigenvalue weighted by molar-refractivity contribution is 6.07. The molecule has 0 bridgehead atoms. The maximum absolute atomic E-state index is 12.4. The Morgan fingerprint density at radius 2 is 1.87 bits per heavy atom. The minimum absolute atomic E-state index is 0.0803. The molecule has 124 valence electrons. The van der Waals surface area contributed by atoms with Crippen LogP contribution in [0.5, 0.6) is 0 Å². The van der Waals surface area contributed by atoms with Crippen molar-refractivity contribution in [3.05, 3.63) is 41.1 Å². The van der Waals surface area contributed by atoms with Crippen LogP contribution in [0.3, 0.4) is 0 Å². The molecule has 0 radical (unpaired) electrons. The van der Waals surface area contributed by atoms with Gasteiger partial charge in [-0.15, -0.1) is 0 Å². The summed E-state index contributed by atoms with van der Waals surface area (Å²) in [5.41, 5.74) is 3.07. The van der Waals surface area contributed by atoms with Crippen LogP contribution in [0.15, 0.2) is 30.0 Å². The zero-order chi connectivity index (χ0) is 17.2. The van der Waals surface area contributed by atoms with Crippen LogP contribution in [0, 0.1) is 11.3 Å². The number of nitrogens with one attached hydrogen (secondary N) is 2. The Hall–Kier alpha value is -2.32. The summed E-state index contributed by atoms with van der Waals surface area (Å²) in [4.78, 5) is 14.4. The van der Waals surface area contributed by atoms with Gasteiger partial charge in [-0.05, 0) is 38.1 Å². The molecule has 0 aromatic heterocycles. The van der Waals surface area contributed by atoms with Crippen molar-refractivity contribution in [3.63, 3.8) is 0 Å². The van der Waals surface area contributed by atoms with Crippen molar-refractivity contribution in [3.8, 4) is 6.07 Å². The molecule has 0 saturated carbocycles. The molecule has 0 aliphatic carbocycles. The van der Waals surface area contributed by atoms with Crippen LogP contribution in [0.1, 0.15) is 25.0 Å². The Kier molecular flexibility index (Phi) is 7.86. The number of amides is 1. The maximum atomic E-state index is 12.4. The minimum Gasteiger partial charge on any atom is -0.388 e. The van der Waals surface area contributed by atoms with Gasteiger partial charge in [0.05, 0.1) is 0 Å². The number of aryl methyl sites for hydroxylation is 2. The second-order valence-corrected chi connectivity index (χ2v) is 5.54. The van der Waals surface area contributed by atoms with E-state index in [2.05, 4.69) is 10.6 Å².